The number of ether oxygens (including phenoxy) is 2. The van der Waals surface area contributed by atoms with Gasteiger partial charge in [0.05, 0.1) is 4.47 Å². The van der Waals surface area contributed by atoms with Gasteiger partial charge in [0.2, 0.25) is 0 Å². The molecule has 0 atom stereocenters. The fourth-order valence-corrected chi connectivity index (χ4v) is 1.25. The van der Waals surface area contributed by atoms with Gasteiger partial charge in [0, 0.05) is 7.11 Å². The Bertz CT molecular complexity index is 305. The molecule has 78 valence electrons. The van der Waals surface area contributed by atoms with Crippen LogP contribution in [-0.2, 0) is 4.74 Å². The fraction of sp³-hybridized carbons (Fsp3) is 0.333. The summed E-state index contributed by atoms with van der Waals surface area (Å²) in [5.41, 5.74) is 0. The first-order valence-corrected chi connectivity index (χ1v) is 4.65. The minimum absolute atomic E-state index is 0.0922. The van der Waals surface area contributed by atoms with E-state index in [0.29, 0.717) is 4.47 Å². The van der Waals surface area contributed by atoms with E-state index in [1.165, 1.54) is 13.2 Å². The molecule has 0 amide bonds. The van der Waals surface area contributed by atoms with Gasteiger partial charge >= 0.3 is 6.11 Å². The molecule has 14 heavy (non-hydrogen) atoms. The molecule has 0 N–H and O–H groups in total. The lowest BCUT2D eigenvalue weighted by Crippen LogP contribution is -2.30. The molecule has 0 aromatic heterocycles. The molecule has 0 saturated carbocycles. The minimum atomic E-state index is -3.31. The first-order chi connectivity index (χ1) is 6.55. The Balaban J connectivity index is 2.73. The first-order valence-electron chi connectivity index (χ1n) is 3.85. The zero-order valence-electron chi connectivity index (χ0n) is 7.47. The minimum Gasteiger partial charge on any atom is -0.430 e. The van der Waals surface area contributed by atoms with E-state index in [0.717, 1.165) is 0 Å². The van der Waals surface area contributed by atoms with Crippen molar-refractivity contribution in [2.75, 3.05) is 13.7 Å². The molecule has 1 aromatic rings. The normalized spacial score (nSPS) is 11.4. The van der Waals surface area contributed by atoms with E-state index in [1.807, 2.05) is 0 Å². The molecule has 0 bridgehead atoms. The van der Waals surface area contributed by atoms with Crippen LogP contribution in [0.3, 0.4) is 0 Å². The van der Waals surface area contributed by atoms with Gasteiger partial charge in [-0.15, -0.1) is 0 Å². The lowest BCUT2D eigenvalue weighted by molar-refractivity contribution is -0.206. The maximum Gasteiger partial charge on any atom is 0.421 e. The second-order valence-corrected chi connectivity index (χ2v) is 3.46. The topological polar surface area (TPSA) is 18.5 Å². The van der Waals surface area contributed by atoms with Crippen LogP contribution in [0, 0.1) is 0 Å². The number of alkyl halides is 2. The van der Waals surface area contributed by atoms with Gasteiger partial charge in [-0.25, -0.2) is 0 Å². The van der Waals surface area contributed by atoms with Crippen molar-refractivity contribution in [1.82, 2.24) is 0 Å². The highest BCUT2D eigenvalue weighted by atomic mass is 79.9. The van der Waals surface area contributed by atoms with Crippen molar-refractivity contribution >= 4 is 15.9 Å². The molecule has 0 fully saturated rings. The Kier molecular flexibility index (Phi) is 3.83. The van der Waals surface area contributed by atoms with E-state index in [9.17, 15) is 8.78 Å². The molecule has 0 spiro atoms. The molecule has 5 heteroatoms. The lowest BCUT2D eigenvalue weighted by Gasteiger charge is -2.17. The first kappa shape index (κ1) is 11.4. The van der Waals surface area contributed by atoms with Gasteiger partial charge in [-0.05, 0) is 28.1 Å². The van der Waals surface area contributed by atoms with Crippen LogP contribution in [0.25, 0.3) is 0 Å². The molecular formula is C9H9BrF2O2. The molecule has 1 aromatic carbocycles. The van der Waals surface area contributed by atoms with Crippen LogP contribution in [-0.4, -0.2) is 19.8 Å². The van der Waals surface area contributed by atoms with Crippen molar-refractivity contribution in [3.05, 3.63) is 28.7 Å². The van der Waals surface area contributed by atoms with E-state index in [2.05, 4.69) is 25.4 Å². The van der Waals surface area contributed by atoms with Crippen molar-refractivity contribution in [1.29, 1.82) is 0 Å². The Hall–Kier alpha value is -0.680. The van der Waals surface area contributed by atoms with Crippen LogP contribution in [0.2, 0.25) is 0 Å². The highest BCUT2D eigenvalue weighted by molar-refractivity contribution is 9.10. The monoisotopic (exact) mass is 266 g/mol. The van der Waals surface area contributed by atoms with E-state index in [-0.39, 0.29) is 5.75 Å². The van der Waals surface area contributed by atoms with Crippen LogP contribution in [0.4, 0.5) is 8.78 Å². The van der Waals surface area contributed by atoms with Crippen molar-refractivity contribution in [2.24, 2.45) is 0 Å². The van der Waals surface area contributed by atoms with Crippen molar-refractivity contribution in [3.63, 3.8) is 0 Å². The van der Waals surface area contributed by atoms with E-state index in [4.69, 9.17) is 0 Å². The number of para-hydroxylation sites is 1. The van der Waals surface area contributed by atoms with Gasteiger partial charge in [-0.1, -0.05) is 12.1 Å². The van der Waals surface area contributed by atoms with Crippen molar-refractivity contribution in [3.8, 4) is 5.75 Å². The van der Waals surface area contributed by atoms with Crippen LogP contribution in [0.1, 0.15) is 0 Å². The highest BCUT2D eigenvalue weighted by Crippen LogP contribution is 2.29. The van der Waals surface area contributed by atoms with Crippen LogP contribution in [0.5, 0.6) is 5.75 Å². The third-order valence-corrected chi connectivity index (χ3v) is 2.06. The summed E-state index contributed by atoms with van der Waals surface area (Å²) in [6.45, 7) is -0.770. The molecule has 1 rings (SSSR count). The zero-order valence-corrected chi connectivity index (χ0v) is 9.05. The molecule has 2 nitrogen and oxygen atoms in total. The van der Waals surface area contributed by atoms with Gasteiger partial charge in [-0.3, -0.25) is 0 Å². The number of hydrogen-bond acceptors (Lipinski definition) is 2. The maximum absolute atomic E-state index is 12.9. The SMILES string of the molecule is COCC(F)(F)Oc1ccccc1Br. The number of rotatable bonds is 4. The summed E-state index contributed by atoms with van der Waals surface area (Å²) >= 11 is 3.10. The second-order valence-electron chi connectivity index (χ2n) is 2.60. The van der Waals surface area contributed by atoms with Crippen molar-refractivity contribution in [2.45, 2.75) is 6.11 Å². The average molecular weight is 267 g/mol. The molecule has 0 radical (unpaired) electrons. The predicted octanol–water partition coefficient (Wildman–Crippen LogP) is 3.07. The van der Waals surface area contributed by atoms with Gasteiger partial charge in [0.15, 0.2) is 0 Å². The lowest BCUT2D eigenvalue weighted by atomic mass is 10.3. The van der Waals surface area contributed by atoms with E-state index in [1.54, 1.807) is 18.2 Å². The molecule has 0 heterocycles. The van der Waals surface area contributed by atoms with Crippen LogP contribution in [0.15, 0.2) is 28.7 Å². The smallest absolute Gasteiger partial charge is 0.421 e. The van der Waals surface area contributed by atoms with Crippen LogP contribution < -0.4 is 4.74 Å². The molecule has 0 saturated heterocycles. The summed E-state index contributed by atoms with van der Waals surface area (Å²) in [6.07, 6.45) is -3.31. The highest BCUT2D eigenvalue weighted by Gasteiger charge is 2.32. The van der Waals surface area contributed by atoms with Crippen LogP contribution >= 0.6 is 15.9 Å². The van der Waals surface area contributed by atoms with Gasteiger partial charge in [0.25, 0.3) is 0 Å². The second kappa shape index (κ2) is 4.70. The Labute approximate surface area is 89.0 Å². The number of halogens is 3. The van der Waals surface area contributed by atoms with Gasteiger partial charge in [0.1, 0.15) is 12.4 Å². The summed E-state index contributed by atoms with van der Waals surface area (Å²) in [4.78, 5) is 0. The van der Waals surface area contributed by atoms with E-state index < -0.39 is 12.7 Å². The predicted molar refractivity (Wildman–Crippen MR) is 51.6 cm³/mol. The van der Waals surface area contributed by atoms with Crippen molar-refractivity contribution < 1.29 is 18.3 Å². The molecule has 0 aliphatic rings. The average Bonchev–Trinajstić information content (AvgIpc) is 2.08. The summed E-state index contributed by atoms with van der Waals surface area (Å²) < 4.78 is 35.1. The number of hydrogen-bond donors (Lipinski definition) is 0. The zero-order chi connectivity index (χ0) is 10.6. The number of methoxy groups -OCH3 is 1. The Morgan fingerprint density at radius 2 is 2.00 bits per heavy atom. The molecule has 0 unspecified atom stereocenters. The number of benzene rings is 1. The maximum atomic E-state index is 12.9. The quantitative estimate of drug-likeness (QED) is 0.834. The third kappa shape index (κ3) is 3.23. The molecular weight excluding hydrogens is 258 g/mol. The van der Waals surface area contributed by atoms with Gasteiger partial charge in [-0.2, -0.15) is 8.78 Å². The molecule has 0 aliphatic carbocycles. The summed E-state index contributed by atoms with van der Waals surface area (Å²) in [5.74, 6) is 0.0922. The Morgan fingerprint density at radius 1 is 1.36 bits per heavy atom. The Morgan fingerprint density at radius 3 is 2.57 bits per heavy atom. The standard InChI is InChI=1S/C9H9BrF2O2/c1-13-6-9(11,12)14-8-5-3-2-4-7(8)10/h2-5H,6H2,1H3. The summed E-state index contributed by atoms with van der Waals surface area (Å²) in [5, 5.41) is 0. The van der Waals surface area contributed by atoms with Gasteiger partial charge < -0.3 is 9.47 Å². The summed E-state index contributed by atoms with van der Waals surface area (Å²) in [6, 6.07) is 6.40. The van der Waals surface area contributed by atoms with E-state index >= 15 is 0 Å². The molecule has 0 aliphatic heterocycles. The largest absolute Gasteiger partial charge is 0.430 e. The summed E-state index contributed by atoms with van der Waals surface area (Å²) in [7, 11) is 1.19. The third-order valence-electron chi connectivity index (χ3n) is 1.41. The fourth-order valence-electron chi connectivity index (χ4n) is 0.886.